The van der Waals surface area contributed by atoms with E-state index < -0.39 is 5.25 Å². The summed E-state index contributed by atoms with van der Waals surface area (Å²) in [6.45, 7) is 0.151. The summed E-state index contributed by atoms with van der Waals surface area (Å²) in [6, 6.07) is 19.6. The fourth-order valence-corrected chi connectivity index (χ4v) is 4.88. The summed E-state index contributed by atoms with van der Waals surface area (Å²) >= 11 is 7.05. The summed E-state index contributed by atoms with van der Waals surface area (Å²) in [5, 5.41) is 11.3. The molecular formula is C27H20ClFN4O4S. The van der Waals surface area contributed by atoms with Crippen molar-refractivity contribution < 1.29 is 22.8 Å². The Kier molecular flexibility index (Phi) is 7.71. The minimum absolute atomic E-state index is 0.0528. The van der Waals surface area contributed by atoms with Gasteiger partial charge in [-0.25, -0.2) is 4.39 Å². The van der Waals surface area contributed by atoms with Crippen molar-refractivity contribution in [1.29, 1.82) is 0 Å². The summed E-state index contributed by atoms with van der Waals surface area (Å²) in [4.78, 5) is 27.2. The molecule has 2 aromatic carbocycles. The first kappa shape index (κ1) is 25.5. The first-order valence-corrected chi connectivity index (χ1v) is 12.7. The Morgan fingerprint density at radius 1 is 1.11 bits per heavy atom. The number of amidine groups is 1. The second-order valence-electron chi connectivity index (χ2n) is 8.21. The standard InChI is InChI=1S/C27H20ClFN4O4S/c28-18-5-9-20(10-6-18)31-25(34)14-24-26(35)33(16-22-2-1-13-36-22)27(38-24)32-30-15-21-11-12-23(37-21)17-3-7-19(29)8-4-17/h1-13,15,24H,14,16H2,(H,31,34)/b30-15+,32-27-. The van der Waals surface area contributed by atoms with Crippen LogP contribution >= 0.6 is 23.4 Å². The van der Waals surface area contributed by atoms with Crippen LogP contribution in [0.3, 0.4) is 0 Å². The number of halogens is 2. The van der Waals surface area contributed by atoms with Gasteiger partial charge >= 0.3 is 0 Å². The molecule has 1 fully saturated rings. The highest BCUT2D eigenvalue weighted by Gasteiger charge is 2.39. The van der Waals surface area contributed by atoms with Gasteiger partial charge in [0.05, 0.1) is 19.0 Å². The quantitative estimate of drug-likeness (QED) is 0.208. The first-order chi connectivity index (χ1) is 18.4. The Morgan fingerprint density at radius 3 is 2.63 bits per heavy atom. The van der Waals surface area contributed by atoms with Gasteiger partial charge in [0.25, 0.3) is 0 Å². The molecule has 1 aliphatic rings. The zero-order chi connectivity index (χ0) is 26.5. The van der Waals surface area contributed by atoms with Gasteiger partial charge in [0.2, 0.25) is 11.8 Å². The van der Waals surface area contributed by atoms with E-state index in [1.165, 1.54) is 29.5 Å². The number of benzene rings is 2. The monoisotopic (exact) mass is 550 g/mol. The Labute approximate surface area is 226 Å². The van der Waals surface area contributed by atoms with Gasteiger partial charge in [-0.3, -0.25) is 14.5 Å². The molecule has 3 heterocycles. The number of carbonyl (C=O) groups excluding carboxylic acids is 2. The summed E-state index contributed by atoms with van der Waals surface area (Å²) in [5.74, 6) is 0.626. The summed E-state index contributed by atoms with van der Waals surface area (Å²) in [6.07, 6.45) is 2.88. The zero-order valence-electron chi connectivity index (χ0n) is 19.7. The maximum Gasteiger partial charge on any atom is 0.243 e. The number of amides is 2. The fourth-order valence-electron chi connectivity index (χ4n) is 3.66. The van der Waals surface area contributed by atoms with E-state index in [4.69, 9.17) is 20.4 Å². The minimum atomic E-state index is -0.681. The second-order valence-corrected chi connectivity index (χ2v) is 9.81. The normalized spacial score (nSPS) is 16.6. The van der Waals surface area contributed by atoms with Crippen molar-refractivity contribution in [3.05, 3.63) is 101 Å². The van der Waals surface area contributed by atoms with Crippen molar-refractivity contribution in [2.24, 2.45) is 10.2 Å². The lowest BCUT2D eigenvalue weighted by Gasteiger charge is -2.14. The second kappa shape index (κ2) is 11.5. The molecule has 1 N–H and O–H groups in total. The van der Waals surface area contributed by atoms with Crippen molar-refractivity contribution >= 4 is 52.2 Å². The molecule has 0 bridgehead atoms. The van der Waals surface area contributed by atoms with E-state index in [2.05, 4.69) is 15.5 Å². The van der Waals surface area contributed by atoms with E-state index in [1.54, 1.807) is 60.7 Å². The van der Waals surface area contributed by atoms with Crippen LogP contribution in [-0.4, -0.2) is 33.3 Å². The van der Waals surface area contributed by atoms with Crippen molar-refractivity contribution in [2.45, 2.75) is 18.2 Å². The molecule has 0 aliphatic carbocycles. The van der Waals surface area contributed by atoms with Gasteiger partial charge in [0, 0.05) is 22.7 Å². The molecule has 5 rings (SSSR count). The number of furan rings is 2. The molecule has 11 heteroatoms. The minimum Gasteiger partial charge on any atom is -0.467 e. The zero-order valence-corrected chi connectivity index (χ0v) is 21.3. The highest BCUT2D eigenvalue weighted by molar-refractivity contribution is 8.15. The maximum atomic E-state index is 13.2. The number of hydrogen-bond acceptors (Lipinski definition) is 7. The summed E-state index contributed by atoms with van der Waals surface area (Å²) in [5.41, 5.74) is 1.30. The van der Waals surface area contributed by atoms with Gasteiger partial charge in [-0.15, -0.1) is 5.10 Å². The van der Waals surface area contributed by atoms with Crippen LogP contribution in [0.5, 0.6) is 0 Å². The van der Waals surface area contributed by atoms with E-state index in [0.29, 0.717) is 33.2 Å². The summed E-state index contributed by atoms with van der Waals surface area (Å²) in [7, 11) is 0. The molecule has 192 valence electrons. The van der Waals surface area contributed by atoms with Crippen LogP contribution in [0, 0.1) is 5.82 Å². The van der Waals surface area contributed by atoms with Crippen molar-refractivity contribution in [3.8, 4) is 11.3 Å². The molecule has 1 unspecified atom stereocenters. The SMILES string of the molecule is O=C(CC1S/C(=N\N=C\c2ccc(-c3ccc(F)cc3)o2)N(Cc2ccco2)C1=O)Nc1ccc(Cl)cc1. The maximum absolute atomic E-state index is 13.2. The smallest absolute Gasteiger partial charge is 0.243 e. The van der Waals surface area contributed by atoms with Gasteiger partial charge in [0.15, 0.2) is 5.17 Å². The number of hydrogen-bond donors (Lipinski definition) is 1. The van der Waals surface area contributed by atoms with E-state index in [9.17, 15) is 14.0 Å². The average Bonchev–Trinajstić information content (AvgIpc) is 3.65. The number of rotatable bonds is 8. The molecule has 8 nitrogen and oxygen atoms in total. The lowest BCUT2D eigenvalue weighted by molar-refractivity contribution is -0.128. The van der Waals surface area contributed by atoms with E-state index in [1.807, 2.05) is 0 Å². The number of nitrogens with one attached hydrogen (secondary N) is 1. The van der Waals surface area contributed by atoms with Gasteiger partial charge < -0.3 is 14.2 Å². The van der Waals surface area contributed by atoms with E-state index in [-0.39, 0.29) is 30.6 Å². The Bertz CT molecular complexity index is 1480. The predicted molar refractivity (Wildman–Crippen MR) is 144 cm³/mol. The molecular weight excluding hydrogens is 531 g/mol. The third-order valence-corrected chi connectivity index (χ3v) is 6.91. The third-order valence-electron chi connectivity index (χ3n) is 5.50. The highest BCUT2D eigenvalue weighted by Crippen LogP contribution is 2.31. The lowest BCUT2D eigenvalue weighted by atomic mass is 10.2. The van der Waals surface area contributed by atoms with Gasteiger partial charge in [-0.1, -0.05) is 23.4 Å². The Morgan fingerprint density at radius 2 is 1.89 bits per heavy atom. The Hall–Kier alpha value is -4.15. The number of thioether (sulfide) groups is 1. The predicted octanol–water partition coefficient (Wildman–Crippen LogP) is 6.20. The number of nitrogens with zero attached hydrogens (tertiary/aromatic N) is 3. The summed E-state index contributed by atoms with van der Waals surface area (Å²) < 4.78 is 24.3. The van der Waals surface area contributed by atoms with Gasteiger partial charge in [-0.05, 0) is 72.8 Å². The molecule has 2 amide bonds. The van der Waals surface area contributed by atoms with E-state index in [0.717, 1.165) is 17.3 Å². The molecule has 1 saturated heterocycles. The van der Waals surface area contributed by atoms with Gasteiger partial charge in [-0.2, -0.15) is 5.10 Å². The molecule has 4 aromatic rings. The van der Waals surface area contributed by atoms with E-state index >= 15 is 0 Å². The fraction of sp³-hybridized carbons (Fsp3) is 0.111. The first-order valence-electron chi connectivity index (χ1n) is 11.5. The third kappa shape index (κ3) is 6.21. The molecule has 1 atom stereocenters. The van der Waals surface area contributed by atoms with Crippen molar-refractivity contribution in [1.82, 2.24) is 4.90 Å². The molecule has 0 spiro atoms. The number of anilines is 1. The molecule has 0 radical (unpaired) electrons. The number of carbonyl (C=O) groups is 2. The molecule has 38 heavy (non-hydrogen) atoms. The largest absolute Gasteiger partial charge is 0.467 e. The average molecular weight is 551 g/mol. The topological polar surface area (TPSA) is 100 Å². The van der Waals surface area contributed by atoms with Crippen molar-refractivity contribution in [2.75, 3.05) is 5.32 Å². The van der Waals surface area contributed by atoms with Gasteiger partial charge in [0.1, 0.15) is 28.3 Å². The van der Waals surface area contributed by atoms with Crippen LogP contribution in [0.25, 0.3) is 11.3 Å². The van der Waals surface area contributed by atoms with Crippen LogP contribution in [0.4, 0.5) is 10.1 Å². The molecule has 2 aromatic heterocycles. The molecule has 0 saturated carbocycles. The molecule has 1 aliphatic heterocycles. The van der Waals surface area contributed by atoms with Crippen LogP contribution in [-0.2, 0) is 16.1 Å². The van der Waals surface area contributed by atoms with Crippen LogP contribution in [0.2, 0.25) is 5.02 Å². The van der Waals surface area contributed by atoms with Crippen LogP contribution < -0.4 is 5.32 Å². The van der Waals surface area contributed by atoms with Crippen molar-refractivity contribution in [3.63, 3.8) is 0 Å². The highest BCUT2D eigenvalue weighted by atomic mass is 35.5. The van der Waals surface area contributed by atoms with Crippen LogP contribution in [0.15, 0.2) is 98.1 Å². The van der Waals surface area contributed by atoms with Crippen LogP contribution in [0.1, 0.15) is 17.9 Å². The Balaban J connectivity index is 1.29. The lowest BCUT2D eigenvalue weighted by Crippen LogP contribution is -2.33.